The zero-order chi connectivity index (χ0) is 44.1. The summed E-state index contributed by atoms with van der Waals surface area (Å²) in [6.07, 6.45) is -7.46. The summed E-state index contributed by atoms with van der Waals surface area (Å²) in [4.78, 5) is 93.4. The molecule has 11 atom stereocenters. The highest BCUT2D eigenvalue weighted by atomic mass is 32.1. The quantitative estimate of drug-likeness (QED) is 0.0600. The molecule has 5 rings (SSSR count). The Bertz CT molecular complexity index is 2500. The highest BCUT2D eigenvalue weighted by Crippen LogP contribution is 2.69. The molecule has 2 saturated heterocycles. The molecule has 0 bridgehead atoms. The van der Waals surface area contributed by atoms with E-state index in [0.29, 0.717) is 0 Å². The molecule has 0 radical (unpaired) electrons. The van der Waals surface area contributed by atoms with Crippen LogP contribution in [-0.4, -0.2) is 106 Å². The van der Waals surface area contributed by atoms with E-state index in [2.05, 4.69) is 46.2 Å². The van der Waals surface area contributed by atoms with E-state index in [1.54, 1.807) is 0 Å². The minimum Gasteiger partial charge on any atom is -0.390 e. The van der Waals surface area contributed by atoms with Gasteiger partial charge in [0.25, 0.3) is 5.56 Å². The van der Waals surface area contributed by atoms with Gasteiger partial charge in [0.05, 0.1) is 25.6 Å². The number of nitrogens with two attached hydrogens (primary N) is 2. The van der Waals surface area contributed by atoms with Gasteiger partial charge in [-0.1, -0.05) is 0 Å². The molecule has 5 heterocycles. The minimum atomic E-state index is -6.16. The molecule has 32 nitrogen and oxygen atoms in total. The lowest BCUT2D eigenvalue weighted by Gasteiger charge is -2.23. The van der Waals surface area contributed by atoms with Crippen LogP contribution in [0, 0.1) is 11.7 Å². The van der Waals surface area contributed by atoms with E-state index >= 15 is 0 Å². The molecule has 2 aliphatic rings. The first kappa shape index (κ1) is 48.0. The standard InChI is InChI=1S/C20H32N8O24P6S/c1-8-4-27(20(59)26-18(8)30)13-2-9(29)11(46-13)5-44-54(34,35)51-58(42,43)52-56(38,39)48-10-3-14(28-7-23-15-16(21)24-19(22)25-17(15)28)47-12(10)6-45-55(36,37)50-57(40,41)49-53(31,32)33/h4,7,9-14,29H,2-3,5-6H2,1H3,(H,34,35)(H,36,37)(H,38,39)(H,40,41)(H,42,43)(H,26,30,59)(H2,31,32,33)(H4,21,22,24,25)/t9-,10-,11+,12+,13+,14+/m0/s1. The molecule has 2 aliphatic heterocycles. The van der Waals surface area contributed by atoms with E-state index in [-0.39, 0.29) is 39.7 Å². The van der Waals surface area contributed by atoms with Gasteiger partial charge in [-0.25, -0.2) is 32.4 Å². The van der Waals surface area contributed by atoms with Crippen molar-refractivity contribution in [2.24, 2.45) is 0 Å². The van der Waals surface area contributed by atoms with Gasteiger partial charge in [-0.2, -0.15) is 27.2 Å². The van der Waals surface area contributed by atoms with Crippen molar-refractivity contribution in [3.8, 4) is 0 Å². The monoisotopic (exact) mass is 986 g/mol. The number of aliphatic hydroxyl groups excluding tert-OH is 1. The maximum atomic E-state index is 13.0. The van der Waals surface area contributed by atoms with Crippen LogP contribution in [0.4, 0.5) is 11.8 Å². The molecule has 5 unspecified atom stereocenters. The first-order chi connectivity index (χ1) is 26.9. The van der Waals surface area contributed by atoms with Crippen molar-refractivity contribution in [1.29, 1.82) is 0 Å². The Morgan fingerprint density at radius 2 is 1.36 bits per heavy atom. The largest absolute Gasteiger partial charge is 0.490 e. The lowest BCUT2D eigenvalue weighted by molar-refractivity contribution is -0.0447. The third-order valence-corrected chi connectivity index (χ3v) is 15.9. The number of rotatable bonds is 18. The van der Waals surface area contributed by atoms with Gasteiger partial charge in [-0.15, -0.1) is 0 Å². The number of aliphatic hydroxyl groups is 1. The smallest absolute Gasteiger partial charge is 0.390 e. The van der Waals surface area contributed by atoms with Gasteiger partial charge in [-0.05, 0) is 19.1 Å². The zero-order valence-corrected chi connectivity index (χ0v) is 35.2. The number of nitrogens with zero attached hydrogens (tertiary/aromatic N) is 5. The molecule has 3 aromatic heterocycles. The van der Waals surface area contributed by atoms with Crippen LogP contribution in [0.25, 0.3) is 11.2 Å². The first-order valence-corrected chi connectivity index (χ1v) is 24.9. The van der Waals surface area contributed by atoms with Crippen LogP contribution in [-0.2, 0) is 67.7 Å². The molecule has 2 fully saturated rings. The normalized spacial score (nSPS) is 27.7. The second-order valence-electron chi connectivity index (χ2n) is 12.0. The van der Waals surface area contributed by atoms with Gasteiger partial charge >= 0.3 is 46.9 Å². The number of hydrogen-bond acceptors (Lipinski definition) is 23. The number of phosphoric ester groups is 3. The van der Waals surface area contributed by atoms with Crippen molar-refractivity contribution in [3.05, 3.63) is 33.2 Å². The van der Waals surface area contributed by atoms with Gasteiger partial charge < -0.3 is 60.3 Å². The second-order valence-corrected chi connectivity index (χ2v) is 21.4. The summed E-state index contributed by atoms with van der Waals surface area (Å²) in [6, 6.07) is 0. The highest BCUT2D eigenvalue weighted by Gasteiger charge is 2.49. The van der Waals surface area contributed by atoms with Crippen LogP contribution in [0.2, 0.25) is 0 Å². The topological polar surface area (TPSA) is 481 Å². The van der Waals surface area contributed by atoms with Crippen molar-refractivity contribution in [2.45, 2.75) is 56.6 Å². The Kier molecular flexibility index (Phi) is 14.3. The molecule has 3 aromatic rings. The van der Waals surface area contributed by atoms with Crippen LogP contribution in [0.3, 0.4) is 0 Å². The fourth-order valence-corrected chi connectivity index (χ4v) is 12.3. The second kappa shape index (κ2) is 17.6. The lowest BCUT2D eigenvalue weighted by Crippen LogP contribution is -2.28. The molecule has 0 spiro atoms. The number of imidazole rings is 1. The molecular weight excluding hydrogens is 954 g/mol. The molecule has 39 heteroatoms. The van der Waals surface area contributed by atoms with Crippen molar-refractivity contribution < 1.29 is 107 Å². The summed E-state index contributed by atoms with van der Waals surface area (Å²) in [7, 11) is -35.5. The maximum Gasteiger partial charge on any atom is 0.490 e. The Labute approximate surface area is 332 Å². The van der Waals surface area contributed by atoms with Gasteiger partial charge in [0, 0.05) is 24.6 Å². The maximum absolute atomic E-state index is 13.0. The SMILES string of the molecule is Cc1cn([C@H]2C[C@H](O)[C@@H](COP(=O)(O)OP(=O)(O)OP(=O)(O)O[C@H]3C[C@H](n4cnc5c(N)nc(N)nc54)O[C@@H]3COP(=O)(O)OP(=O)(O)OP(=O)(O)O)O2)c(=S)[nH]c1=O. The third kappa shape index (κ3) is 13.0. The number of nitrogen functional groups attached to an aromatic ring is 2. The van der Waals surface area contributed by atoms with E-state index in [4.69, 9.17) is 47.5 Å². The fraction of sp³-hybridized carbons (Fsp3) is 0.550. The van der Waals surface area contributed by atoms with Crippen LogP contribution in [0.15, 0.2) is 17.3 Å². The molecule has 0 saturated carbocycles. The lowest BCUT2D eigenvalue weighted by atomic mass is 10.2. The predicted molar refractivity (Wildman–Crippen MR) is 190 cm³/mol. The number of aromatic amines is 1. The molecule has 0 aromatic carbocycles. The van der Waals surface area contributed by atoms with Crippen molar-refractivity contribution in [2.75, 3.05) is 24.7 Å². The van der Waals surface area contributed by atoms with Gasteiger partial charge in [-0.3, -0.25) is 32.5 Å². The Morgan fingerprint density at radius 3 is 1.97 bits per heavy atom. The average Bonchev–Trinajstić information content (AvgIpc) is 3.74. The number of hydrogen-bond donors (Lipinski definition) is 11. The van der Waals surface area contributed by atoms with Crippen molar-refractivity contribution >= 4 is 82.1 Å². The number of anilines is 2. The van der Waals surface area contributed by atoms with E-state index in [1.807, 2.05) is 0 Å². The number of aromatic nitrogens is 6. The summed E-state index contributed by atoms with van der Waals surface area (Å²) in [5.74, 6) is -0.564. The minimum absolute atomic E-state index is 0.0377. The number of nitrogens with one attached hydrogen (secondary N) is 1. The van der Waals surface area contributed by atoms with Crippen LogP contribution in [0.1, 0.15) is 30.9 Å². The fourth-order valence-electron chi connectivity index (χ4n) is 5.26. The summed E-state index contributed by atoms with van der Waals surface area (Å²) in [5.41, 5.74) is 11.0. The highest BCUT2D eigenvalue weighted by molar-refractivity contribution is 7.71. The molecular formula is C20H32N8O24P6S. The van der Waals surface area contributed by atoms with Crippen LogP contribution < -0.4 is 17.0 Å². The van der Waals surface area contributed by atoms with E-state index in [1.165, 1.54) is 17.7 Å². The van der Waals surface area contributed by atoms with Crippen LogP contribution in [0.5, 0.6) is 0 Å². The summed E-state index contributed by atoms with van der Waals surface area (Å²) < 4.78 is 117. The number of ether oxygens (including phenoxy) is 2. The summed E-state index contributed by atoms with van der Waals surface area (Å²) in [5, 5.41) is 10.4. The van der Waals surface area contributed by atoms with Gasteiger partial charge in [0.2, 0.25) is 5.95 Å². The molecule has 59 heavy (non-hydrogen) atoms. The summed E-state index contributed by atoms with van der Waals surface area (Å²) in [6.45, 7) is -0.839. The first-order valence-electron chi connectivity index (χ1n) is 15.5. The molecule has 0 aliphatic carbocycles. The number of H-pyrrole nitrogens is 1. The van der Waals surface area contributed by atoms with E-state index in [9.17, 15) is 61.8 Å². The molecule has 0 amide bonds. The third-order valence-electron chi connectivity index (χ3n) is 7.52. The number of phosphoric acid groups is 6. The molecule has 332 valence electrons. The average molecular weight is 986 g/mol. The molecule has 13 N–H and O–H groups in total. The van der Waals surface area contributed by atoms with Gasteiger partial charge in [0.1, 0.15) is 36.3 Å². The zero-order valence-electron chi connectivity index (χ0n) is 29.0. The van der Waals surface area contributed by atoms with E-state index < -0.39 is 109 Å². The Hall–Kier alpha value is -2.05. The van der Waals surface area contributed by atoms with Crippen molar-refractivity contribution in [1.82, 2.24) is 29.1 Å². The van der Waals surface area contributed by atoms with Gasteiger partial charge in [0.15, 0.2) is 16.2 Å². The van der Waals surface area contributed by atoms with Crippen molar-refractivity contribution in [3.63, 3.8) is 0 Å². The van der Waals surface area contributed by atoms with E-state index in [0.717, 1.165) is 10.9 Å². The predicted octanol–water partition coefficient (Wildman–Crippen LogP) is 0.234. The Morgan fingerprint density at radius 1 is 0.814 bits per heavy atom. The summed E-state index contributed by atoms with van der Waals surface area (Å²) >= 11 is 5.08. The Balaban J connectivity index is 1.27. The number of fused-ring (bicyclic) bond motifs is 1. The van der Waals surface area contributed by atoms with Crippen LogP contribution >= 0.6 is 59.2 Å². The number of aryl methyl sites for hydroxylation is 1.